The van der Waals surface area contributed by atoms with Gasteiger partial charge in [0.15, 0.2) is 0 Å². The average Bonchev–Trinajstić information content (AvgIpc) is 2.47. The lowest BCUT2D eigenvalue weighted by molar-refractivity contribution is 0.0697. The van der Waals surface area contributed by atoms with E-state index in [1.807, 2.05) is 12.1 Å². The van der Waals surface area contributed by atoms with Gasteiger partial charge in [0.05, 0.1) is 17.2 Å². The molecule has 2 rings (SSSR count). The highest BCUT2D eigenvalue weighted by Crippen LogP contribution is 2.19. The van der Waals surface area contributed by atoms with Crippen LogP contribution in [-0.4, -0.2) is 11.1 Å². The second-order valence-electron chi connectivity index (χ2n) is 4.10. The van der Waals surface area contributed by atoms with E-state index in [2.05, 4.69) is 6.07 Å². The van der Waals surface area contributed by atoms with Gasteiger partial charge < -0.3 is 5.11 Å². The van der Waals surface area contributed by atoms with Gasteiger partial charge in [-0.2, -0.15) is 5.26 Å². The van der Waals surface area contributed by atoms with Gasteiger partial charge in [-0.3, -0.25) is 0 Å². The van der Waals surface area contributed by atoms with Crippen molar-refractivity contribution in [3.63, 3.8) is 0 Å². The first-order chi connectivity index (χ1) is 9.60. The van der Waals surface area contributed by atoms with Gasteiger partial charge in [0.1, 0.15) is 0 Å². The summed E-state index contributed by atoms with van der Waals surface area (Å²) in [6, 6.07) is 15.4. The highest BCUT2D eigenvalue weighted by molar-refractivity contribution is 6.30. The van der Waals surface area contributed by atoms with Gasteiger partial charge in [-0.1, -0.05) is 35.9 Å². The summed E-state index contributed by atoms with van der Waals surface area (Å²) in [5, 5.41) is 18.7. The Morgan fingerprint density at radius 1 is 1.05 bits per heavy atom. The van der Waals surface area contributed by atoms with Crippen molar-refractivity contribution in [2.45, 2.75) is 0 Å². The summed E-state index contributed by atoms with van der Waals surface area (Å²) in [7, 11) is 0. The second kappa shape index (κ2) is 6.05. The van der Waals surface area contributed by atoms with Crippen LogP contribution < -0.4 is 0 Å². The number of hydrogen-bond acceptors (Lipinski definition) is 2. The molecule has 0 radical (unpaired) electrons. The molecule has 2 aromatic rings. The Morgan fingerprint density at radius 2 is 1.60 bits per heavy atom. The Hall–Kier alpha value is -2.57. The molecule has 0 amide bonds. The van der Waals surface area contributed by atoms with Crippen LogP contribution in [0.5, 0.6) is 0 Å². The summed E-state index contributed by atoms with van der Waals surface area (Å²) in [5.74, 6) is -0.989. The SMILES string of the molecule is N#C/C(=C\c1ccc(Cl)cc1)c1ccc(C(=O)O)cc1. The zero-order valence-electron chi connectivity index (χ0n) is 10.4. The summed E-state index contributed by atoms with van der Waals surface area (Å²) in [6.07, 6.45) is 1.73. The van der Waals surface area contributed by atoms with Gasteiger partial charge in [0.2, 0.25) is 0 Å². The van der Waals surface area contributed by atoms with Crippen LogP contribution in [0.1, 0.15) is 21.5 Å². The summed E-state index contributed by atoms with van der Waals surface area (Å²) >= 11 is 5.80. The van der Waals surface area contributed by atoms with E-state index < -0.39 is 5.97 Å². The molecule has 0 aliphatic rings. The van der Waals surface area contributed by atoms with E-state index in [4.69, 9.17) is 16.7 Å². The summed E-state index contributed by atoms with van der Waals surface area (Å²) in [4.78, 5) is 10.8. The topological polar surface area (TPSA) is 61.1 Å². The molecule has 20 heavy (non-hydrogen) atoms. The molecule has 2 aromatic carbocycles. The number of carbonyl (C=O) groups is 1. The largest absolute Gasteiger partial charge is 0.478 e. The number of hydrogen-bond donors (Lipinski definition) is 1. The molecule has 3 nitrogen and oxygen atoms in total. The van der Waals surface area contributed by atoms with Gasteiger partial charge in [0, 0.05) is 5.02 Å². The summed E-state index contributed by atoms with van der Waals surface area (Å²) in [5.41, 5.74) is 2.18. The maximum absolute atomic E-state index is 10.8. The van der Waals surface area contributed by atoms with Crippen molar-refractivity contribution < 1.29 is 9.90 Å². The van der Waals surface area contributed by atoms with Crippen molar-refractivity contribution in [2.75, 3.05) is 0 Å². The number of halogens is 1. The molecule has 0 bridgehead atoms. The molecule has 0 heterocycles. The third-order valence-electron chi connectivity index (χ3n) is 2.74. The Kier molecular flexibility index (Phi) is 4.19. The first kappa shape index (κ1) is 13.9. The highest BCUT2D eigenvalue weighted by atomic mass is 35.5. The van der Waals surface area contributed by atoms with E-state index in [-0.39, 0.29) is 5.56 Å². The van der Waals surface area contributed by atoms with Crippen LogP contribution in [0.15, 0.2) is 48.5 Å². The van der Waals surface area contributed by atoms with E-state index >= 15 is 0 Å². The number of nitrogens with zero attached hydrogens (tertiary/aromatic N) is 1. The normalized spacial score (nSPS) is 10.9. The first-order valence-electron chi connectivity index (χ1n) is 5.81. The number of carboxylic acid groups (broad SMARTS) is 1. The molecular weight excluding hydrogens is 274 g/mol. The lowest BCUT2D eigenvalue weighted by atomic mass is 10.0. The van der Waals surface area contributed by atoms with Gasteiger partial charge in [0.25, 0.3) is 0 Å². The minimum Gasteiger partial charge on any atom is -0.478 e. The molecule has 1 N–H and O–H groups in total. The third-order valence-corrected chi connectivity index (χ3v) is 3.00. The smallest absolute Gasteiger partial charge is 0.335 e. The lowest BCUT2D eigenvalue weighted by Crippen LogP contribution is -1.95. The highest BCUT2D eigenvalue weighted by Gasteiger charge is 2.05. The number of aromatic carboxylic acids is 1. The molecule has 0 fully saturated rings. The lowest BCUT2D eigenvalue weighted by Gasteiger charge is -2.01. The molecule has 0 saturated heterocycles. The molecule has 4 heteroatoms. The van der Waals surface area contributed by atoms with Crippen LogP contribution in [0.3, 0.4) is 0 Å². The van der Waals surface area contributed by atoms with Crippen LogP contribution in [0.25, 0.3) is 11.6 Å². The Morgan fingerprint density at radius 3 is 2.10 bits per heavy atom. The van der Waals surface area contributed by atoms with Gasteiger partial charge in [-0.25, -0.2) is 4.79 Å². The minimum absolute atomic E-state index is 0.192. The van der Waals surface area contributed by atoms with Crippen molar-refractivity contribution in [1.82, 2.24) is 0 Å². The molecule has 0 unspecified atom stereocenters. The molecule has 0 aliphatic heterocycles. The molecule has 0 spiro atoms. The van der Waals surface area contributed by atoms with E-state index in [9.17, 15) is 10.1 Å². The van der Waals surface area contributed by atoms with Gasteiger partial charge in [-0.15, -0.1) is 0 Å². The quantitative estimate of drug-likeness (QED) is 0.681. The fourth-order valence-corrected chi connectivity index (χ4v) is 1.82. The van der Waals surface area contributed by atoms with Crippen molar-refractivity contribution >= 4 is 29.2 Å². The van der Waals surface area contributed by atoms with E-state index in [0.717, 1.165) is 5.56 Å². The summed E-state index contributed by atoms with van der Waals surface area (Å²) < 4.78 is 0. The second-order valence-corrected chi connectivity index (χ2v) is 4.54. The number of nitriles is 1. The summed E-state index contributed by atoms with van der Waals surface area (Å²) in [6.45, 7) is 0. The average molecular weight is 284 g/mol. The Balaban J connectivity index is 2.35. The van der Waals surface area contributed by atoms with E-state index in [0.29, 0.717) is 16.2 Å². The zero-order valence-corrected chi connectivity index (χ0v) is 11.1. The van der Waals surface area contributed by atoms with Gasteiger partial charge in [-0.05, 0) is 41.5 Å². The minimum atomic E-state index is -0.989. The van der Waals surface area contributed by atoms with E-state index in [1.54, 1.807) is 30.3 Å². The van der Waals surface area contributed by atoms with Crippen molar-refractivity contribution in [1.29, 1.82) is 5.26 Å². The fourth-order valence-electron chi connectivity index (χ4n) is 1.70. The maximum atomic E-state index is 10.8. The molecule has 0 aliphatic carbocycles. The van der Waals surface area contributed by atoms with Crippen LogP contribution >= 0.6 is 11.6 Å². The zero-order chi connectivity index (χ0) is 14.5. The standard InChI is InChI=1S/C16H10ClNO2/c17-15-7-1-11(2-8-15)9-14(10-18)12-3-5-13(6-4-12)16(19)20/h1-9H,(H,19,20)/b14-9+. The number of benzene rings is 2. The van der Waals surface area contributed by atoms with Crippen LogP contribution in [0.4, 0.5) is 0 Å². The fraction of sp³-hybridized carbons (Fsp3) is 0. The monoisotopic (exact) mass is 283 g/mol. The number of carboxylic acids is 1. The van der Waals surface area contributed by atoms with E-state index in [1.165, 1.54) is 12.1 Å². The van der Waals surface area contributed by atoms with Gasteiger partial charge >= 0.3 is 5.97 Å². The van der Waals surface area contributed by atoms with Crippen LogP contribution in [0, 0.1) is 11.3 Å². The maximum Gasteiger partial charge on any atom is 0.335 e. The predicted molar refractivity (Wildman–Crippen MR) is 78.3 cm³/mol. The Labute approximate surface area is 121 Å². The van der Waals surface area contributed by atoms with Crippen molar-refractivity contribution in [2.24, 2.45) is 0 Å². The number of rotatable bonds is 3. The van der Waals surface area contributed by atoms with Crippen LogP contribution in [-0.2, 0) is 0 Å². The van der Waals surface area contributed by atoms with Crippen molar-refractivity contribution in [3.05, 3.63) is 70.2 Å². The molecular formula is C16H10ClNO2. The first-order valence-corrected chi connectivity index (χ1v) is 6.19. The Bertz CT molecular complexity index is 695. The van der Waals surface area contributed by atoms with Crippen LogP contribution in [0.2, 0.25) is 5.02 Å². The third kappa shape index (κ3) is 3.25. The van der Waals surface area contributed by atoms with Crippen molar-refractivity contribution in [3.8, 4) is 6.07 Å². The molecule has 0 saturated carbocycles. The molecule has 0 atom stereocenters. The predicted octanol–water partition coefficient (Wildman–Crippen LogP) is 4.10. The molecule has 98 valence electrons. The molecule has 0 aromatic heterocycles. The number of allylic oxidation sites excluding steroid dienone is 1.